The Kier molecular flexibility index (Phi) is 6.41. The summed E-state index contributed by atoms with van der Waals surface area (Å²) in [6.07, 6.45) is 8.81. The van der Waals surface area contributed by atoms with Crippen LogP contribution >= 0.6 is 0 Å². The van der Waals surface area contributed by atoms with Crippen LogP contribution in [-0.4, -0.2) is 6.71 Å². The molecule has 3 fully saturated rings. The zero-order valence-electron chi connectivity index (χ0n) is 34.9. The molecule has 0 N–H and O–H groups in total. The minimum atomic E-state index is -0.0151. The summed E-state index contributed by atoms with van der Waals surface area (Å²) in [5.74, 6) is 0.715. The van der Waals surface area contributed by atoms with Crippen LogP contribution in [0.25, 0.3) is 22.3 Å². The number of hydrogen-bond donors (Lipinski definition) is 0. The molecule has 7 aliphatic rings. The summed E-state index contributed by atoms with van der Waals surface area (Å²) < 4.78 is 0. The van der Waals surface area contributed by atoms with Gasteiger partial charge in [-0.15, -0.1) is 0 Å². The van der Waals surface area contributed by atoms with Crippen LogP contribution in [0.1, 0.15) is 88.0 Å². The van der Waals surface area contributed by atoms with Gasteiger partial charge in [-0.3, -0.25) is 0 Å². The number of fused-ring (bicyclic) bond motifs is 18. The maximum absolute atomic E-state index is 2.76. The second-order valence-corrected chi connectivity index (χ2v) is 20.1. The first-order valence-corrected chi connectivity index (χ1v) is 22.8. The molecule has 2 unspecified atom stereocenters. The van der Waals surface area contributed by atoms with E-state index < -0.39 is 0 Å². The van der Waals surface area contributed by atoms with Gasteiger partial charge >= 0.3 is 0 Å². The van der Waals surface area contributed by atoms with Crippen molar-refractivity contribution in [3.63, 3.8) is 0 Å². The minimum absolute atomic E-state index is 0.0151. The summed E-state index contributed by atoms with van der Waals surface area (Å²) in [6.45, 7) is 7.95. The summed E-state index contributed by atoms with van der Waals surface area (Å²) in [7, 11) is 0. The average molecular weight is 773 g/mol. The minimum Gasteiger partial charge on any atom is -0.311 e. The van der Waals surface area contributed by atoms with E-state index >= 15 is 0 Å². The summed E-state index contributed by atoms with van der Waals surface area (Å²) in [6, 6.07) is 59.1. The number of benzene rings is 7. The van der Waals surface area contributed by atoms with E-state index in [4.69, 9.17) is 0 Å². The Hall–Kier alpha value is -5.80. The Labute approximate surface area is 355 Å². The van der Waals surface area contributed by atoms with E-state index in [9.17, 15) is 0 Å². The van der Waals surface area contributed by atoms with Crippen molar-refractivity contribution in [2.45, 2.75) is 76.5 Å². The SMILES string of the molecule is CC1(C)C2CCC1(C)[C@@]1(C2)c2ccccc2-c2c1ccc1c2B2c3ccccc3N(c3ccccc3)c3cccc(c32)N1c1cccc2c1C1(CCCC1)c1ccccc1-2. The van der Waals surface area contributed by atoms with Gasteiger partial charge in [0, 0.05) is 39.3 Å². The summed E-state index contributed by atoms with van der Waals surface area (Å²) in [5.41, 5.74) is 24.6. The first-order valence-electron chi connectivity index (χ1n) is 22.8. The van der Waals surface area contributed by atoms with E-state index in [1.54, 1.807) is 16.7 Å². The molecule has 0 radical (unpaired) electrons. The van der Waals surface area contributed by atoms with Gasteiger partial charge in [0.15, 0.2) is 0 Å². The van der Waals surface area contributed by atoms with E-state index in [-0.39, 0.29) is 28.4 Å². The molecule has 0 amide bonds. The highest BCUT2D eigenvalue weighted by atomic mass is 15.2. The molecule has 7 aromatic rings. The number of nitrogens with zero attached hydrogens (tertiary/aromatic N) is 2. The van der Waals surface area contributed by atoms with E-state index in [0.29, 0.717) is 5.92 Å². The lowest BCUT2D eigenvalue weighted by Crippen LogP contribution is -2.62. The highest BCUT2D eigenvalue weighted by Crippen LogP contribution is 2.78. The van der Waals surface area contributed by atoms with Crippen molar-refractivity contribution in [3.8, 4) is 22.3 Å². The van der Waals surface area contributed by atoms with Crippen molar-refractivity contribution in [1.82, 2.24) is 0 Å². The molecule has 2 spiro atoms. The third-order valence-electron chi connectivity index (χ3n) is 18.1. The van der Waals surface area contributed by atoms with Gasteiger partial charge in [0.25, 0.3) is 6.71 Å². The fourth-order valence-electron chi connectivity index (χ4n) is 15.3. The molecule has 14 rings (SSSR count). The van der Waals surface area contributed by atoms with E-state index in [0.717, 1.165) is 0 Å². The molecule has 3 heteroatoms. The first-order chi connectivity index (χ1) is 29.4. The molecule has 60 heavy (non-hydrogen) atoms. The Bertz CT molecular complexity index is 3010. The zero-order valence-corrected chi connectivity index (χ0v) is 34.9. The van der Waals surface area contributed by atoms with Crippen molar-refractivity contribution in [2.75, 3.05) is 9.80 Å². The maximum atomic E-state index is 2.76. The van der Waals surface area contributed by atoms with Crippen LogP contribution in [0.15, 0.2) is 152 Å². The lowest BCUT2D eigenvalue weighted by molar-refractivity contribution is 0.0990. The molecule has 3 saturated carbocycles. The number of anilines is 6. The first kappa shape index (κ1) is 34.0. The number of para-hydroxylation sites is 2. The highest BCUT2D eigenvalue weighted by Gasteiger charge is 2.71. The van der Waals surface area contributed by atoms with Gasteiger partial charge in [0.1, 0.15) is 0 Å². The molecule has 2 nitrogen and oxygen atoms in total. The molecular weight excluding hydrogens is 723 g/mol. The van der Waals surface area contributed by atoms with Gasteiger partial charge in [-0.1, -0.05) is 143 Å². The molecule has 2 bridgehead atoms. The zero-order chi connectivity index (χ0) is 39.8. The van der Waals surface area contributed by atoms with Crippen LogP contribution in [0.2, 0.25) is 0 Å². The summed E-state index contributed by atoms with van der Waals surface area (Å²) in [4.78, 5) is 5.31. The second-order valence-electron chi connectivity index (χ2n) is 20.1. The topological polar surface area (TPSA) is 6.48 Å². The van der Waals surface area contributed by atoms with Crippen molar-refractivity contribution >= 4 is 57.2 Å². The molecule has 7 aromatic carbocycles. The average Bonchev–Trinajstić information content (AvgIpc) is 4.05. The van der Waals surface area contributed by atoms with Gasteiger partial charge in [0.05, 0.1) is 5.69 Å². The number of rotatable bonds is 2. The normalized spacial score (nSPS) is 24.6. The monoisotopic (exact) mass is 772 g/mol. The third-order valence-corrected chi connectivity index (χ3v) is 18.1. The van der Waals surface area contributed by atoms with Crippen LogP contribution in [0.5, 0.6) is 0 Å². The predicted molar refractivity (Wildman–Crippen MR) is 251 cm³/mol. The fraction of sp³-hybridized carbons (Fsp3) is 0.263. The van der Waals surface area contributed by atoms with Gasteiger partial charge in [-0.2, -0.15) is 0 Å². The lowest BCUT2D eigenvalue weighted by atomic mass is 9.32. The van der Waals surface area contributed by atoms with E-state index in [1.165, 1.54) is 123 Å². The predicted octanol–water partition coefficient (Wildman–Crippen LogP) is 12.7. The smallest absolute Gasteiger partial charge is 0.252 e. The molecule has 2 aliphatic heterocycles. The van der Waals surface area contributed by atoms with Crippen LogP contribution in [0.4, 0.5) is 34.1 Å². The van der Waals surface area contributed by atoms with E-state index in [2.05, 4.69) is 182 Å². The quantitative estimate of drug-likeness (QED) is 0.162. The van der Waals surface area contributed by atoms with Gasteiger partial charge in [-0.05, 0) is 152 Å². The van der Waals surface area contributed by atoms with E-state index in [1.807, 2.05) is 0 Å². The molecule has 290 valence electrons. The fourth-order valence-corrected chi connectivity index (χ4v) is 15.3. The Morgan fingerprint density at radius 2 is 1.13 bits per heavy atom. The van der Waals surface area contributed by atoms with Crippen molar-refractivity contribution < 1.29 is 0 Å². The molecule has 3 atom stereocenters. The standard InChI is InChI=1S/C57H49BN2/c1-54(2)36-31-34-55(54,3)57(35-36)42-23-10-8-20-40(42)50-43(57)29-30-49-53(50)58-44-24-11-12-25-45(44)59(37-17-5-4-6-18-37)47-27-16-28-48(52(47)58)60(49)46-26-15-21-39-38-19-7-9-22-41(38)56(51(39)46)32-13-14-33-56/h4-12,15-30,36H,13-14,31-35H2,1-3H3/t36?,55?,57-/m0/s1. The third kappa shape index (κ3) is 3.71. The highest BCUT2D eigenvalue weighted by molar-refractivity contribution is 7.01. The van der Waals surface area contributed by atoms with Crippen LogP contribution in [0, 0.1) is 16.7 Å². The van der Waals surface area contributed by atoms with Crippen molar-refractivity contribution in [1.29, 1.82) is 0 Å². The molecule has 5 aliphatic carbocycles. The number of hydrogen-bond acceptors (Lipinski definition) is 2. The van der Waals surface area contributed by atoms with Crippen molar-refractivity contribution in [2.24, 2.45) is 16.7 Å². The van der Waals surface area contributed by atoms with Crippen molar-refractivity contribution in [3.05, 3.63) is 174 Å². The maximum Gasteiger partial charge on any atom is 0.252 e. The Balaban J connectivity index is 1.13. The molecule has 0 aromatic heterocycles. The summed E-state index contributed by atoms with van der Waals surface area (Å²) in [5, 5.41) is 0. The molecule has 2 heterocycles. The Morgan fingerprint density at radius 1 is 0.500 bits per heavy atom. The largest absolute Gasteiger partial charge is 0.311 e. The lowest BCUT2D eigenvalue weighted by Gasteiger charge is -2.49. The second kappa shape index (κ2) is 11.3. The van der Waals surface area contributed by atoms with Gasteiger partial charge in [-0.25, -0.2) is 0 Å². The van der Waals surface area contributed by atoms with Crippen LogP contribution in [0.3, 0.4) is 0 Å². The van der Waals surface area contributed by atoms with Crippen LogP contribution in [-0.2, 0) is 10.8 Å². The molecule has 0 saturated heterocycles. The Morgan fingerprint density at radius 3 is 1.92 bits per heavy atom. The van der Waals surface area contributed by atoms with Crippen LogP contribution < -0.4 is 26.2 Å². The van der Waals surface area contributed by atoms with Gasteiger partial charge in [0.2, 0.25) is 0 Å². The summed E-state index contributed by atoms with van der Waals surface area (Å²) >= 11 is 0. The van der Waals surface area contributed by atoms with Gasteiger partial charge < -0.3 is 9.80 Å². The molecular formula is C57H49BN2.